The van der Waals surface area contributed by atoms with Crippen LogP contribution >= 0.6 is 0 Å². The van der Waals surface area contributed by atoms with E-state index in [9.17, 15) is 22.4 Å². The van der Waals surface area contributed by atoms with Gasteiger partial charge in [-0.1, -0.05) is 0 Å². The third kappa shape index (κ3) is 10.7. The lowest BCUT2D eigenvalue weighted by Gasteiger charge is -2.08. The normalized spacial score (nSPS) is 10.4. The molecule has 0 aliphatic rings. The van der Waals surface area contributed by atoms with Gasteiger partial charge in [-0.25, -0.2) is 27.5 Å². The highest BCUT2D eigenvalue weighted by Gasteiger charge is 2.07. The molecule has 2 rings (SSSR count). The molecule has 0 aliphatic heterocycles. The van der Waals surface area contributed by atoms with Gasteiger partial charge >= 0.3 is 0 Å². The van der Waals surface area contributed by atoms with Crippen LogP contribution in [-0.2, 0) is 4.79 Å². The number of halogens is 4. The largest absolute Gasteiger partial charge is 0.472 e. The molecule has 0 aromatic carbocycles. The van der Waals surface area contributed by atoms with Crippen molar-refractivity contribution >= 4 is 17.3 Å². The topological polar surface area (TPSA) is 99.4 Å². The molecule has 0 radical (unpaired) electrons. The fourth-order valence-corrected chi connectivity index (χ4v) is 2.02. The van der Waals surface area contributed by atoms with Gasteiger partial charge in [0.15, 0.2) is 13.2 Å². The molecule has 7 nitrogen and oxygen atoms in total. The standard InChI is InChI=1S/C10H12F2N2O2.C8H10F2N2O/c1-6-3-8(14-7(2)15)4-10(13-6)16-5-9(11)12;1-5-2-6(11)3-8(12-5)13-4-7(9)10/h3-4,9H,5H2,1-2H3,(H,13,14,15);2-3,7H,4H2,1H3,(H2,11,12). The maximum atomic E-state index is 11.9. The summed E-state index contributed by atoms with van der Waals surface area (Å²) in [6.07, 6.45) is -5.05. The number of hydrogen-bond acceptors (Lipinski definition) is 6. The van der Waals surface area contributed by atoms with Crippen molar-refractivity contribution in [2.75, 3.05) is 24.3 Å². The Labute approximate surface area is 165 Å². The van der Waals surface area contributed by atoms with Crippen molar-refractivity contribution in [1.82, 2.24) is 9.97 Å². The zero-order valence-electron chi connectivity index (χ0n) is 16.1. The minimum atomic E-state index is -2.55. The fourth-order valence-electron chi connectivity index (χ4n) is 2.02. The van der Waals surface area contributed by atoms with E-state index >= 15 is 0 Å². The average molecular weight is 418 g/mol. The molecule has 3 N–H and O–H groups in total. The first-order valence-corrected chi connectivity index (χ1v) is 8.37. The lowest BCUT2D eigenvalue weighted by atomic mass is 10.3. The van der Waals surface area contributed by atoms with E-state index in [0.29, 0.717) is 22.8 Å². The van der Waals surface area contributed by atoms with Gasteiger partial charge in [0.1, 0.15) is 0 Å². The van der Waals surface area contributed by atoms with Gasteiger partial charge < -0.3 is 20.5 Å². The molecule has 0 spiro atoms. The molecule has 2 aromatic rings. The summed E-state index contributed by atoms with van der Waals surface area (Å²) in [5.41, 5.74) is 7.61. The van der Waals surface area contributed by atoms with E-state index < -0.39 is 26.1 Å². The molecule has 0 saturated heterocycles. The monoisotopic (exact) mass is 418 g/mol. The van der Waals surface area contributed by atoms with Gasteiger partial charge in [-0.15, -0.1) is 0 Å². The number of pyridine rings is 2. The van der Waals surface area contributed by atoms with E-state index in [1.54, 1.807) is 26.0 Å². The molecule has 0 atom stereocenters. The van der Waals surface area contributed by atoms with Gasteiger partial charge in [0.05, 0.1) is 0 Å². The summed E-state index contributed by atoms with van der Waals surface area (Å²) in [6.45, 7) is 3.38. The van der Waals surface area contributed by atoms with Crippen LogP contribution < -0.4 is 20.5 Å². The highest BCUT2D eigenvalue weighted by molar-refractivity contribution is 5.88. The molecular weight excluding hydrogens is 396 g/mol. The molecule has 2 aromatic heterocycles. The minimum absolute atomic E-state index is 0.0732. The summed E-state index contributed by atoms with van der Waals surface area (Å²) < 4.78 is 56.7. The maximum Gasteiger partial charge on any atom is 0.272 e. The average Bonchev–Trinajstić information content (AvgIpc) is 2.57. The van der Waals surface area contributed by atoms with Crippen LogP contribution in [-0.4, -0.2) is 41.9 Å². The van der Waals surface area contributed by atoms with E-state index in [0.717, 1.165) is 0 Å². The lowest BCUT2D eigenvalue weighted by molar-refractivity contribution is -0.114. The Morgan fingerprint density at radius 2 is 1.45 bits per heavy atom. The van der Waals surface area contributed by atoms with Crippen LogP contribution in [0.5, 0.6) is 11.8 Å². The molecule has 160 valence electrons. The van der Waals surface area contributed by atoms with Crippen molar-refractivity contribution < 1.29 is 31.8 Å². The van der Waals surface area contributed by atoms with Crippen molar-refractivity contribution in [3.05, 3.63) is 35.7 Å². The molecule has 0 bridgehead atoms. The zero-order valence-corrected chi connectivity index (χ0v) is 16.1. The molecule has 2 heterocycles. The molecule has 29 heavy (non-hydrogen) atoms. The van der Waals surface area contributed by atoms with Gasteiger partial charge in [-0.2, -0.15) is 0 Å². The van der Waals surface area contributed by atoms with E-state index in [1.807, 2.05) is 0 Å². The predicted molar refractivity (Wildman–Crippen MR) is 99.7 cm³/mol. The molecule has 0 saturated carbocycles. The van der Waals surface area contributed by atoms with Crippen molar-refractivity contribution in [2.24, 2.45) is 0 Å². The second-order valence-electron chi connectivity index (χ2n) is 5.80. The predicted octanol–water partition coefficient (Wildman–Crippen LogP) is 3.61. The van der Waals surface area contributed by atoms with E-state index in [4.69, 9.17) is 10.5 Å². The Hall–Kier alpha value is -3.11. The number of nitrogens with zero attached hydrogens (tertiary/aromatic N) is 2. The Kier molecular flexibility index (Phi) is 9.63. The van der Waals surface area contributed by atoms with Crippen molar-refractivity contribution in [3.63, 3.8) is 0 Å². The number of carbonyl (C=O) groups excluding carboxylic acids is 1. The van der Waals surface area contributed by atoms with Crippen molar-refractivity contribution in [3.8, 4) is 11.8 Å². The molecule has 0 fully saturated rings. The third-order valence-corrected chi connectivity index (χ3v) is 2.92. The SMILES string of the molecule is CC(=O)Nc1cc(C)nc(OCC(F)F)c1.Cc1cc(N)cc(OCC(F)F)n1. The Morgan fingerprint density at radius 3 is 1.90 bits per heavy atom. The van der Waals surface area contributed by atoms with Gasteiger partial charge in [-0.3, -0.25) is 4.79 Å². The second-order valence-corrected chi connectivity index (χ2v) is 5.80. The highest BCUT2D eigenvalue weighted by atomic mass is 19.3. The molecule has 0 unspecified atom stereocenters. The molecule has 1 amide bonds. The number of nitrogen functional groups attached to an aromatic ring is 1. The number of amides is 1. The van der Waals surface area contributed by atoms with Crippen LogP contribution in [0.3, 0.4) is 0 Å². The van der Waals surface area contributed by atoms with Crippen LogP contribution in [0.15, 0.2) is 24.3 Å². The number of carbonyl (C=O) groups is 1. The molecule has 0 aliphatic carbocycles. The number of aromatic nitrogens is 2. The first kappa shape index (κ1) is 23.9. The van der Waals surface area contributed by atoms with Crippen LogP contribution in [0, 0.1) is 13.8 Å². The first-order valence-electron chi connectivity index (χ1n) is 8.37. The van der Waals surface area contributed by atoms with E-state index in [2.05, 4.69) is 20.0 Å². The number of nitrogens with one attached hydrogen (secondary N) is 1. The van der Waals surface area contributed by atoms with Crippen molar-refractivity contribution in [1.29, 1.82) is 0 Å². The number of aryl methyl sites for hydroxylation is 2. The molecule has 11 heteroatoms. The zero-order chi connectivity index (χ0) is 22.0. The third-order valence-electron chi connectivity index (χ3n) is 2.92. The summed E-state index contributed by atoms with van der Waals surface area (Å²) in [5, 5.41) is 2.53. The summed E-state index contributed by atoms with van der Waals surface area (Å²) >= 11 is 0. The number of anilines is 2. The lowest BCUT2D eigenvalue weighted by Crippen LogP contribution is -2.10. The quantitative estimate of drug-likeness (QED) is 0.667. The number of rotatable bonds is 7. The van der Waals surface area contributed by atoms with Crippen LogP contribution in [0.1, 0.15) is 18.3 Å². The maximum absolute atomic E-state index is 11.9. The molecular formula is C18H22F4N4O3. The van der Waals surface area contributed by atoms with Gasteiger partial charge in [0.25, 0.3) is 12.9 Å². The van der Waals surface area contributed by atoms with Gasteiger partial charge in [-0.05, 0) is 26.0 Å². The van der Waals surface area contributed by atoms with Crippen LogP contribution in [0.25, 0.3) is 0 Å². The van der Waals surface area contributed by atoms with Crippen LogP contribution in [0.4, 0.5) is 28.9 Å². The van der Waals surface area contributed by atoms with Crippen LogP contribution in [0.2, 0.25) is 0 Å². The van der Waals surface area contributed by atoms with Gasteiger partial charge in [0, 0.05) is 41.8 Å². The smallest absolute Gasteiger partial charge is 0.272 e. The minimum Gasteiger partial charge on any atom is -0.472 e. The fraction of sp³-hybridized carbons (Fsp3) is 0.389. The van der Waals surface area contributed by atoms with Crippen molar-refractivity contribution in [2.45, 2.75) is 33.6 Å². The Morgan fingerprint density at radius 1 is 0.966 bits per heavy atom. The number of nitrogens with two attached hydrogens (primary N) is 1. The van der Waals surface area contributed by atoms with Gasteiger partial charge in [0.2, 0.25) is 17.7 Å². The number of alkyl halides is 4. The second kappa shape index (κ2) is 11.7. The number of hydrogen-bond donors (Lipinski definition) is 2. The van der Waals surface area contributed by atoms with E-state index in [1.165, 1.54) is 19.1 Å². The summed E-state index contributed by atoms with van der Waals surface area (Å²) in [5.74, 6) is -0.0349. The Balaban J connectivity index is 0.000000296. The summed E-state index contributed by atoms with van der Waals surface area (Å²) in [7, 11) is 0. The summed E-state index contributed by atoms with van der Waals surface area (Å²) in [6, 6.07) is 6.07. The van der Waals surface area contributed by atoms with E-state index in [-0.39, 0.29) is 17.7 Å². The Bertz CT molecular complexity index is 786. The highest BCUT2D eigenvalue weighted by Crippen LogP contribution is 2.17. The number of ether oxygens (including phenoxy) is 2. The first-order chi connectivity index (χ1) is 13.5. The summed E-state index contributed by atoms with van der Waals surface area (Å²) in [4.78, 5) is 18.6.